The van der Waals surface area contributed by atoms with E-state index in [1.54, 1.807) is 11.1 Å². The van der Waals surface area contributed by atoms with Crippen LogP contribution in [0, 0.1) is 29.1 Å². The number of nitrogens with zero attached hydrogens (tertiary/aromatic N) is 1. The van der Waals surface area contributed by atoms with E-state index in [-0.39, 0.29) is 16.2 Å². The Kier molecular flexibility index (Phi) is 6.42. The lowest BCUT2D eigenvalue weighted by molar-refractivity contribution is -0.231. The van der Waals surface area contributed by atoms with Crippen molar-refractivity contribution >= 4 is 17.1 Å². The lowest BCUT2D eigenvalue weighted by atomic mass is 9.27. The van der Waals surface area contributed by atoms with Gasteiger partial charge in [0.15, 0.2) is 0 Å². The minimum Gasteiger partial charge on any atom is -0.309 e. The van der Waals surface area contributed by atoms with Crippen LogP contribution in [-0.4, -0.2) is 0 Å². The first kappa shape index (κ1) is 32.4. The normalized spacial score (nSPS) is 29.1. The molecule has 0 aromatic heterocycles. The molecule has 6 aromatic rings. The van der Waals surface area contributed by atoms with E-state index in [4.69, 9.17) is 0 Å². The van der Waals surface area contributed by atoms with Crippen molar-refractivity contribution < 1.29 is 0 Å². The average molecular weight is 714 g/mol. The molecule has 0 amide bonds. The zero-order valence-electron chi connectivity index (χ0n) is 32.8. The first-order valence-electron chi connectivity index (χ1n) is 21.2. The van der Waals surface area contributed by atoms with Crippen molar-refractivity contribution in [1.29, 1.82) is 0 Å². The van der Waals surface area contributed by atoms with Crippen molar-refractivity contribution in [3.63, 3.8) is 0 Å². The molecule has 6 atom stereocenters. The molecule has 55 heavy (non-hydrogen) atoms. The van der Waals surface area contributed by atoms with Crippen LogP contribution in [0.3, 0.4) is 0 Å². The van der Waals surface area contributed by atoms with Crippen LogP contribution in [0.2, 0.25) is 0 Å². The van der Waals surface area contributed by atoms with E-state index < -0.39 is 0 Å². The Hall–Kier alpha value is -4.88. The maximum atomic E-state index is 2.60. The first-order valence-corrected chi connectivity index (χ1v) is 21.2. The molecule has 6 aliphatic rings. The molecule has 1 nitrogen and oxygen atoms in total. The fourth-order valence-corrected chi connectivity index (χ4v) is 14.2. The van der Waals surface area contributed by atoms with Gasteiger partial charge in [-0.25, -0.2) is 0 Å². The molecule has 2 bridgehead atoms. The molecule has 6 aliphatic carbocycles. The Labute approximate surface area is 327 Å². The van der Waals surface area contributed by atoms with E-state index in [1.165, 1.54) is 100 Å². The van der Waals surface area contributed by atoms with E-state index in [2.05, 4.69) is 172 Å². The van der Waals surface area contributed by atoms with Crippen molar-refractivity contribution in [2.45, 2.75) is 82.5 Å². The molecule has 0 N–H and O–H groups in total. The molecule has 12 rings (SSSR count). The van der Waals surface area contributed by atoms with Crippen LogP contribution in [0.1, 0.15) is 88.5 Å². The summed E-state index contributed by atoms with van der Waals surface area (Å²) in [6.07, 6.45) is 8.26. The largest absolute Gasteiger partial charge is 0.309 e. The van der Waals surface area contributed by atoms with Crippen LogP contribution in [0.5, 0.6) is 0 Å². The Balaban J connectivity index is 1.06. The van der Waals surface area contributed by atoms with Crippen LogP contribution in [0.25, 0.3) is 33.4 Å². The molecule has 272 valence electrons. The van der Waals surface area contributed by atoms with Gasteiger partial charge >= 0.3 is 0 Å². The van der Waals surface area contributed by atoms with Crippen molar-refractivity contribution in [1.82, 2.24) is 0 Å². The minimum atomic E-state index is 0.133. The lowest BCUT2D eigenvalue weighted by Gasteiger charge is -2.76. The molecule has 0 saturated heterocycles. The van der Waals surface area contributed by atoms with Gasteiger partial charge in [-0.15, -0.1) is 0 Å². The Bertz CT molecular complexity index is 2540. The first-order chi connectivity index (χ1) is 26.7. The predicted molar refractivity (Wildman–Crippen MR) is 228 cm³/mol. The Morgan fingerprint density at radius 1 is 0.491 bits per heavy atom. The summed E-state index contributed by atoms with van der Waals surface area (Å²) in [4.78, 5) is 2.60. The van der Waals surface area contributed by atoms with Crippen LogP contribution >= 0.6 is 0 Å². The second-order valence-electron chi connectivity index (χ2n) is 19.6. The smallest absolute Gasteiger partial charge is 0.0543 e. The SMILES string of the molecule is CC1(C)CCC(C)(C)c2c(-c3ccc(N(c4ccccc4-c4ccccc4)c4cccc5c4-c4ccccc4C54C5CC6CC7CC4C75C6)cc3)cccc21. The van der Waals surface area contributed by atoms with Gasteiger partial charge in [-0.1, -0.05) is 143 Å². The molecule has 2 spiro atoms. The standard InChI is InChI=1S/C54H51N/c1-51(2)28-29-52(3,4)50-40(18-12-21-44(50)51)36-24-26-38(27-25-36)55(45-22-11-9-16-39(45)35-14-6-5-7-15-35)46-23-13-20-43-49(46)41-17-8-10-19-42(41)54(43)47-31-34-30-37-32-48(54)53(37,47)33-34/h5-27,34,37,47-48H,28-33H2,1-4H3. The Morgan fingerprint density at radius 3 is 1.93 bits per heavy atom. The van der Waals surface area contributed by atoms with E-state index in [0.717, 1.165) is 23.7 Å². The summed E-state index contributed by atoms with van der Waals surface area (Å²) in [7, 11) is 0. The van der Waals surface area contributed by atoms with Crippen molar-refractivity contribution in [3.8, 4) is 33.4 Å². The number of benzene rings is 6. The van der Waals surface area contributed by atoms with Crippen LogP contribution < -0.4 is 4.90 Å². The van der Waals surface area contributed by atoms with E-state index in [0.29, 0.717) is 5.41 Å². The molecule has 4 fully saturated rings. The quantitative estimate of drug-likeness (QED) is 0.172. The van der Waals surface area contributed by atoms with Crippen molar-refractivity contribution in [2.24, 2.45) is 29.1 Å². The fourth-order valence-electron chi connectivity index (χ4n) is 14.2. The van der Waals surface area contributed by atoms with Crippen LogP contribution in [0.4, 0.5) is 17.1 Å². The summed E-state index contributed by atoms with van der Waals surface area (Å²) in [6, 6.07) is 53.6. The van der Waals surface area contributed by atoms with E-state index in [9.17, 15) is 0 Å². The van der Waals surface area contributed by atoms with Gasteiger partial charge < -0.3 is 4.90 Å². The van der Waals surface area contributed by atoms with Gasteiger partial charge in [-0.05, 0) is 147 Å². The number of hydrogen-bond acceptors (Lipinski definition) is 1. The maximum Gasteiger partial charge on any atom is 0.0543 e. The highest BCUT2D eigenvalue weighted by molar-refractivity contribution is 5.98. The predicted octanol–water partition coefficient (Wildman–Crippen LogP) is 14.2. The highest BCUT2D eigenvalue weighted by Crippen LogP contribution is 2.89. The Morgan fingerprint density at radius 2 is 1.11 bits per heavy atom. The summed E-state index contributed by atoms with van der Waals surface area (Å²) < 4.78 is 0. The zero-order valence-corrected chi connectivity index (χ0v) is 32.8. The van der Waals surface area contributed by atoms with Gasteiger partial charge in [0.25, 0.3) is 0 Å². The van der Waals surface area contributed by atoms with Crippen LogP contribution in [-0.2, 0) is 16.2 Å². The second-order valence-corrected chi connectivity index (χ2v) is 19.6. The van der Waals surface area contributed by atoms with Gasteiger partial charge in [0.05, 0.1) is 11.4 Å². The number of para-hydroxylation sites is 1. The molecule has 0 heterocycles. The third-order valence-corrected chi connectivity index (χ3v) is 16.4. The summed E-state index contributed by atoms with van der Waals surface area (Å²) >= 11 is 0. The molecule has 1 heteroatoms. The van der Waals surface area contributed by atoms with Crippen LogP contribution in [0.15, 0.2) is 140 Å². The zero-order chi connectivity index (χ0) is 36.9. The second kappa shape index (κ2) is 10.9. The molecular weight excluding hydrogens is 663 g/mol. The van der Waals surface area contributed by atoms with E-state index in [1.807, 2.05) is 0 Å². The van der Waals surface area contributed by atoms with Gasteiger partial charge in [-0.3, -0.25) is 0 Å². The highest BCUT2D eigenvalue weighted by atomic mass is 15.1. The monoisotopic (exact) mass is 713 g/mol. The van der Waals surface area contributed by atoms with Crippen molar-refractivity contribution in [2.75, 3.05) is 4.90 Å². The summed E-state index contributed by atoms with van der Waals surface area (Å²) in [5.41, 5.74) is 19.2. The van der Waals surface area contributed by atoms with E-state index >= 15 is 0 Å². The number of anilines is 3. The summed E-state index contributed by atoms with van der Waals surface area (Å²) in [6.45, 7) is 9.76. The third-order valence-electron chi connectivity index (χ3n) is 16.4. The van der Waals surface area contributed by atoms with Crippen molar-refractivity contribution in [3.05, 3.63) is 162 Å². The van der Waals surface area contributed by atoms with Gasteiger partial charge in [0, 0.05) is 22.2 Å². The molecule has 4 saturated carbocycles. The lowest BCUT2D eigenvalue weighted by Crippen LogP contribution is -2.73. The number of rotatable bonds is 5. The van der Waals surface area contributed by atoms with Gasteiger partial charge in [0.2, 0.25) is 0 Å². The summed E-state index contributed by atoms with van der Waals surface area (Å²) in [5.74, 6) is 3.50. The number of hydrogen-bond donors (Lipinski definition) is 0. The highest BCUT2D eigenvalue weighted by Gasteiger charge is 2.84. The average Bonchev–Trinajstić information content (AvgIpc) is 3.85. The molecular formula is C54H51N. The summed E-state index contributed by atoms with van der Waals surface area (Å²) in [5, 5.41) is 0. The molecule has 6 unspecified atom stereocenters. The fraction of sp³-hybridized carbons (Fsp3) is 0.333. The third kappa shape index (κ3) is 4.00. The van der Waals surface area contributed by atoms with Gasteiger partial charge in [-0.2, -0.15) is 0 Å². The van der Waals surface area contributed by atoms with Gasteiger partial charge in [0.1, 0.15) is 0 Å². The molecule has 6 aromatic carbocycles. The minimum absolute atomic E-state index is 0.133. The maximum absolute atomic E-state index is 2.60. The number of fused-ring (bicyclic) bond motifs is 9. The topological polar surface area (TPSA) is 3.24 Å². The molecule has 0 radical (unpaired) electrons. The molecule has 0 aliphatic heterocycles.